The summed E-state index contributed by atoms with van der Waals surface area (Å²) in [4.78, 5) is 8.56. The third kappa shape index (κ3) is 2.90. The van der Waals surface area contributed by atoms with Crippen LogP contribution < -0.4 is 11.1 Å². The number of nitrogens with one attached hydrogen (secondary N) is 1. The fourth-order valence-electron chi connectivity index (χ4n) is 2.56. The van der Waals surface area contributed by atoms with Crippen molar-refractivity contribution in [1.29, 1.82) is 0 Å². The Balaban J connectivity index is 2.13. The molecule has 0 radical (unpaired) electrons. The lowest BCUT2D eigenvalue weighted by Crippen LogP contribution is -2.31. The first-order chi connectivity index (χ1) is 8.51. The number of methoxy groups -OCH3 is 1. The molecule has 0 aromatic carbocycles. The minimum Gasteiger partial charge on any atom is -0.384 e. The summed E-state index contributed by atoms with van der Waals surface area (Å²) in [7, 11) is 1.62. The zero-order chi connectivity index (χ0) is 13.2. The Bertz CT molecular complexity index is 419. The molecular weight excluding hydrogens is 228 g/mol. The first-order valence-corrected chi connectivity index (χ1v) is 6.40. The summed E-state index contributed by atoms with van der Waals surface area (Å²) in [5.41, 5.74) is 6.09. The van der Waals surface area contributed by atoms with Gasteiger partial charge in [-0.25, -0.2) is 9.97 Å². The van der Waals surface area contributed by atoms with Gasteiger partial charge in [-0.1, -0.05) is 20.3 Å². The first-order valence-electron chi connectivity index (χ1n) is 6.40. The van der Waals surface area contributed by atoms with E-state index in [1.807, 2.05) is 0 Å². The van der Waals surface area contributed by atoms with Crippen LogP contribution in [0.3, 0.4) is 0 Å². The fourth-order valence-corrected chi connectivity index (χ4v) is 2.56. The van der Waals surface area contributed by atoms with Gasteiger partial charge in [0.2, 0.25) is 0 Å². The molecule has 1 heterocycles. The average Bonchev–Trinajstić information content (AvgIpc) is 2.58. The standard InChI is InChI=1S/C13H22N4O/c1-13(2)6-4-5-9(13)15-11-7-10(14)16-12(17-11)8-18-3/h7,9H,4-6,8H2,1-3H3,(H3,14,15,16,17). The maximum Gasteiger partial charge on any atom is 0.158 e. The van der Waals surface area contributed by atoms with Gasteiger partial charge in [-0.2, -0.15) is 0 Å². The normalized spacial score (nSPS) is 22.1. The van der Waals surface area contributed by atoms with Gasteiger partial charge in [-0.3, -0.25) is 0 Å². The fraction of sp³-hybridized carbons (Fsp3) is 0.692. The highest BCUT2D eigenvalue weighted by molar-refractivity contribution is 5.45. The maximum atomic E-state index is 5.78. The quantitative estimate of drug-likeness (QED) is 0.857. The van der Waals surface area contributed by atoms with E-state index in [1.54, 1.807) is 13.2 Å². The molecule has 1 unspecified atom stereocenters. The minimum atomic E-state index is 0.307. The van der Waals surface area contributed by atoms with E-state index < -0.39 is 0 Å². The van der Waals surface area contributed by atoms with Crippen LogP contribution in [-0.2, 0) is 11.3 Å². The van der Waals surface area contributed by atoms with Gasteiger partial charge in [0.05, 0.1) is 0 Å². The van der Waals surface area contributed by atoms with Gasteiger partial charge in [-0.15, -0.1) is 0 Å². The van der Waals surface area contributed by atoms with Crippen molar-refractivity contribution in [2.75, 3.05) is 18.2 Å². The molecule has 100 valence electrons. The lowest BCUT2D eigenvalue weighted by Gasteiger charge is -2.28. The zero-order valence-corrected chi connectivity index (χ0v) is 11.4. The second-order valence-electron chi connectivity index (χ2n) is 5.61. The predicted molar refractivity (Wildman–Crippen MR) is 72.2 cm³/mol. The Morgan fingerprint density at radius 3 is 2.89 bits per heavy atom. The number of hydrogen-bond acceptors (Lipinski definition) is 5. The molecular formula is C13H22N4O. The van der Waals surface area contributed by atoms with Crippen LogP contribution in [0.2, 0.25) is 0 Å². The molecule has 1 aliphatic rings. The lowest BCUT2D eigenvalue weighted by molar-refractivity contribution is 0.178. The molecule has 18 heavy (non-hydrogen) atoms. The molecule has 1 fully saturated rings. The Morgan fingerprint density at radius 2 is 2.28 bits per heavy atom. The number of ether oxygens (including phenoxy) is 1. The van der Waals surface area contributed by atoms with Gasteiger partial charge in [0.15, 0.2) is 5.82 Å². The molecule has 5 nitrogen and oxygen atoms in total. The van der Waals surface area contributed by atoms with E-state index in [9.17, 15) is 0 Å². The van der Waals surface area contributed by atoms with Crippen LogP contribution in [0.4, 0.5) is 11.6 Å². The van der Waals surface area contributed by atoms with Crippen molar-refractivity contribution >= 4 is 11.6 Å². The number of aromatic nitrogens is 2. The van der Waals surface area contributed by atoms with Crippen molar-refractivity contribution in [3.63, 3.8) is 0 Å². The SMILES string of the molecule is COCc1nc(N)cc(NC2CCCC2(C)C)n1. The topological polar surface area (TPSA) is 73.1 Å². The average molecular weight is 250 g/mol. The molecule has 5 heteroatoms. The second kappa shape index (κ2) is 5.10. The summed E-state index contributed by atoms with van der Waals surface area (Å²) < 4.78 is 5.04. The van der Waals surface area contributed by atoms with E-state index in [2.05, 4.69) is 29.1 Å². The summed E-state index contributed by atoms with van der Waals surface area (Å²) in [6.45, 7) is 4.96. The van der Waals surface area contributed by atoms with Crippen LogP contribution in [0, 0.1) is 5.41 Å². The zero-order valence-electron chi connectivity index (χ0n) is 11.4. The smallest absolute Gasteiger partial charge is 0.158 e. The Labute approximate surface area is 108 Å². The van der Waals surface area contributed by atoms with Crippen molar-refractivity contribution in [2.24, 2.45) is 5.41 Å². The molecule has 1 saturated carbocycles. The van der Waals surface area contributed by atoms with Gasteiger partial charge in [-0.05, 0) is 18.3 Å². The monoisotopic (exact) mass is 250 g/mol. The van der Waals surface area contributed by atoms with Crippen LogP contribution in [0.25, 0.3) is 0 Å². The van der Waals surface area contributed by atoms with Crippen molar-refractivity contribution in [3.05, 3.63) is 11.9 Å². The van der Waals surface area contributed by atoms with Crippen molar-refractivity contribution < 1.29 is 4.74 Å². The molecule has 0 bridgehead atoms. The summed E-state index contributed by atoms with van der Waals surface area (Å²) in [5.74, 6) is 1.90. The maximum absolute atomic E-state index is 5.78. The molecule has 2 rings (SSSR count). The second-order valence-corrected chi connectivity index (χ2v) is 5.61. The van der Waals surface area contributed by atoms with Gasteiger partial charge in [0.25, 0.3) is 0 Å². The highest BCUT2D eigenvalue weighted by atomic mass is 16.5. The predicted octanol–water partition coefficient (Wildman–Crippen LogP) is 2.20. The molecule has 1 aliphatic carbocycles. The van der Waals surface area contributed by atoms with Crippen molar-refractivity contribution in [2.45, 2.75) is 45.8 Å². The third-order valence-electron chi connectivity index (χ3n) is 3.65. The van der Waals surface area contributed by atoms with Crippen LogP contribution >= 0.6 is 0 Å². The number of anilines is 2. The largest absolute Gasteiger partial charge is 0.384 e. The number of hydrogen-bond donors (Lipinski definition) is 2. The number of rotatable bonds is 4. The van der Waals surface area contributed by atoms with Crippen LogP contribution in [-0.4, -0.2) is 23.1 Å². The van der Waals surface area contributed by atoms with Crippen LogP contribution in [0.15, 0.2) is 6.07 Å². The summed E-state index contributed by atoms with van der Waals surface area (Å²) in [5, 5.41) is 3.48. The summed E-state index contributed by atoms with van der Waals surface area (Å²) in [6.07, 6.45) is 3.68. The van der Waals surface area contributed by atoms with Gasteiger partial charge in [0, 0.05) is 19.2 Å². The molecule has 1 aromatic rings. The highest BCUT2D eigenvalue weighted by Gasteiger charge is 2.34. The van der Waals surface area contributed by atoms with Crippen LogP contribution in [0.5, 0.6) is 0 Å². The molecule has 0 aliphatic heterocycles. The first kappa shape index (κ1) is 13.1. The van der Waals surface area contributed by atoms with E-state index in [-0.39, 0.29) is 0 Å². The van der Waals surface area contributed by atoms with Gasteiger partial charge in [0.1, 0.15) is 18.2 Å². The van der Waals surface area contributed by atoms with E-state index in [0.29, 0.717) is 29.7 Å². The van der Waals surface area contributed by atoms with Crippen molar-refractivity contribution in [1.82, 2.24) is 9.97 Å². The summed E-state index contributed by atoms with van der Waals surface area (Å²) >= 11 is 0. The molecule has 0 saturated heterocycles. The molecule has 1 atom stereocenters. The number of nitrogens with zero attached hydrogens (tertiary/aromatic N) is 2. The highest BCUT2D eigenvalue weighted by Crippen LogP contribution is 2.38. The van der Waals surface area contributed by atoms with E-state index in [1.165, 1.54) is 19.3 Å². The van der Waals surface area contributed by atoms with Crippen molar-refractivity contribution in [3.8, 4) is 0 Å². The Hall–Kier alpha value is -1.36. The minimum absolute atomic E-state index is 0.307. The van der Waals surface area contributed by atoms with E-state index >= 15 is 0 Å². The van der Waals surface area contributed by atoms with E-state index in [0.717, 1.165) is 5.82 Å². The van der Waals surface area contributed by atoms with Gasteiger partial charge < -0.3 is 15.8 Å². The molecule has 0 amide bonds. The van der Waals surface area contributed by atoms with Crippen LogP contribution in [0.1, 0.15) is 38.9 Å². The molecule has 3 N–H and O–H groups in total. The summed E-state index contributed by atoms with van der Waals surface area (Å²) in [6, 6.07) is 2.23. The van der Waals surface area contributed by atoms with E-state index in [4.69, 9.17) is 10.5 Å². The lowest BCUT2D eigenvalue weighted by atomic mass is 9.87. The Kier molecular flexibility index (Phi) is 3.71. The van der Waals surface area contributed by atoms with Gasteiger partial charge >= 0.3 is 0 Å². The molecule has 1 aromatic heterocycles. The molecule has 0 spiro atoms. The number of nitrogen functional groups attached to an aromatic ring is 1. The Morgan fingerprint density at radius 1 is 1.50 bits per heavy atom. The third-order valence-corrected chi connectivity index (χ3v) is 3.65. The number of nitrogens with two attached hydrogens (primary N) is 1.